The highest BCUT2D eigenvalue weighted by Crippen LogP contribution is 2.32. The molecule has 1 aliphatic heterocycles. The van der Waals surface area contributed by atoms with E-state index in [2.05, 4.69) is 19.8 Å². The molecule has 3 aromatic rings. The van der Waals surface area contributed by atoms with Crippen molar-refractivity contribution in [2.75, 3.05) is 32.1 Å². The van der Waals surface area contributed by atoms with Crippen LogP contribution in [-0.2, 0) is 14.8 Å². The lowest BCUT2D eigenvalue weighted by molar-refractivity contribution is -0.0345. The van der Waals surface area contributed by atoms with E-state index in [0.717, 1.165) is 12.0 Å². The maximum Gasteiger partial charge on any atom is 0.261 e. The third-order valence-electron chi connectivity index (χ3n) is 5.88. The highest BCUT2D eigenvalue weighted by Gasteiger charge is 2.34. The maximum absolute atomic E-state index is 13.1. The molecule has 176 valence electrons. The average Bonchev–Trinajstić information content (AvgIpc) is 3.25. The van der Waals surface area contributed by atoms with Crippen molar-refractivity contribution in [3.8, 4) is 22.6 Å². The second-order valence-electron chi connectivity index (χ2n) is 8.42. The first-order chi connectivity index (χ1) is 15.7. The van der Waals surface area contributed by atoms with Gasteiger partial charge in [-0.3, -0.25) is 0 Å². The fourth-order valence-corrected chi connectivity index (χ4v) is 5.02. The van der Waals surface area contributed by atoms with E-state index in [-0.39, 0.29) is 29.8 Å². The van der Waals surface area contributed by atoms with E-state index in [0.29, 0.717) is 42.1 Å². The molecule has 33 heavy (non-hydrogen) atoms. The third-order valence-corrected chi connectivity index (χ3v) is 7.28. The van der Waals surface area contributed by atoms with Crippen LogP contribution in [0.15, 0.2) is 39.9 Å². The first kappa shape index (κ1) is 23.3. The smallest absolute Gasteiger partial charge is 0.261 e. The number of ether oxygens (including phenoxy) is 1. The number of hydrogen-bond donors (Lipinski definition) is 3. The zero-order chi connectivity index (χ0) is 23.6. The Morgan fingerprint density at radius 2 is 2.06 bits per heavy atom. The number of aliphatic hydroxyl groups excluding tert-OH is 1. The topological polar surface area (TPSA) is 153 Å². The minimum atomic E-state index is -3.82. The molecular weight excluding hydrogens is 446 g/mol. The normalized spacial score (nSPS) is 19.0. The van der Waals surface area contributed by atoms with Gasteiger partial charge >= 0.3 is 0 Å². The molecule has 1 fully saturated rings. The summed E-state index contributed by atoms with van der Waals surface area (Å²) >= 11 is 0. The van der Waals surface area contributed by atoms with E-state index in [4.69, 9.17) is 15.0 Å². The molecule has 3 heterocycles. The van der Waals surface area contributed by atoms with Crippen molar-refractivity contribution in [1.29, 1.82) is 0 Å². The molecule has 4 N–H and O–H groups in total. The van der Waals surface area contributed by atoms with Gasteiger partial charge in [-0.25, -0.2) is 18.1 Å². The molecule has 0 amide bonds. The molecule has 0 bridgehead atoms. The van der Waals surface area contributed by atoms with Crippen molar-refractivity contribution in [2.45, 2.75) is 31.6 Å². The van der Waals surface area contributed by atoms with Crippen molar-refractivity contribution >= 4 is 15.8 Å². The summed E-state index contributed by atoms with van der Waals surface area (Å²) in [6, 6.07) is 6.64. The molecule has 0 radical (unpaired) electrons. The molecule has 0 aliphatic carbocycles. The molecule has 1 aromatic carbocycles. The third kappa shape index (κ3) is 4.91. The number of nitrogen functional groups attached to an aromatic ring is 1. The van der Waals surface area contributed by atoms with Crippen LogP contribution in [0.3, 0.4) is 0 Å². The standard InChI is InChI=1S/C22H27N5O5S/c1-14-4-5-17(33(29,30)25-11-22(12-28)6-3-7-31-13-22)9-18(14)16-8-19(20(23)24-10-16)21-26-15(2)27-32-21/h4-5,8-10,25,28H,3,6-7,11-13H2,1-2H3,(H2,23,24). The molecule has 1 unspecified atom stereocenters. The lowest BCUT2D eigenvalue weighted by Gasteiger charge is -2.35. The van der Waals surface area contributed by atoms with Crippen LogP contribution >= 0.6 is 0 Å². The van der Waals surface area contributed by atoms with Gasteiger partial charge in [-0.2, -0.15) is 4.98 Å². The summed E-state index contributed by atoms with van der Waals surface area (Å²) in [5, 5.41) is 13.6. The SMILES string of the molecule is Cc1noc(-c2cc(-c3cc(S(=O)(=O)NCC4(CO)CCCOC4)ccc3C)cnc2N)n1. The first-order valence-electron chi connectivity index (χ1n) is 10.6. The summed E-state index contributed by atoms with van der Waals surface area (Å²) in [7, 11) is -3.82. The van der Waals surface area contributed by atoms with Crippen LogP contribution in [0.5, 0.6) is 0 Å². The summed E-state index contributed by atoms with van der Waals surface area (Å²) in [6.07, 6.45) is 3.05. The van der Waals surface area contributed by atoms with Gasteiger partial charge in [0.25, 0.3) is 5.89 Å². The van der Waals surface area contributed by atoms with Gasteiger partial charge in [0, 0.05) is 30.3 Å². The second-order valence-corrected chi connectivity index (χ2v) is 10.2. The maximum atomic E-state index is 13.1. The van der Waals surface area contributed by atoms with E-state index in [1.165, 1.54) is 0 Å². The summed E-state index contributed by atoms with van der Waals surface area (Å²) in [5.41, 5.74) is 8.07. The van der Waals surface area contributed by atoms with Crippen molar-refractivity contribution in [3.63, 3.8) is 0 Å². The minimum Gasteiger partial charge on any atom is -0.396 e. The predicted octanol–water partition coefficient (Wildman–Crippen LogP) is 2.07. The molecular formula is C22H27N5O5S. The van der Waals surface area contributed by atoms with Gasteiger partial charge in [0.1, 0.15) is 5.82 Å². The summed E-state index contributed by atoms with van der Waals surface area (Å²) in [6.45, 7) is 4.47. The number of pyridine rings is 1. The number of anilines is 1. The van der Waals surface area contributed by atoms with Gasteiger partial charge in [0.05, 0.1) is 23.7 Å². The number of benzene rings is 1. The van der Waals surface area contributed by atoms with E-state index in [1.54, 1.807) is 37.4 Å². The number of nitrogens with one attached hydrogen (secondary N) is 1. The summed E-state index contributed by atoms with van der Waals surface area (Å²) in [4.78, 5) is 8.55. The quantitative estimate of drug-likeness (QED) is 0.468. The average molecular weight is 474 g/mol. The van der Waals surface area contributed by atoms with Crippen LogP contribution in [0.25, 0.3) is 22.6 Å². The second kappa shape index (κ2) is 9.18. The van der Waals surface area contributed by atoms with Crippen LogP contribution in [0.2, 0.25) is 0 Å². The molecule has 0 saturated carbocycles. The lowest BCUT2D eigenvalue weighted by Crippen LogP contribution is -2.45. The van der Waals surface area contributed by atoms with E-state index < -0.39 is 15.4 Å². The zero-order valence-electron chi connectivity index (χ0n) is 18.5. The van der Waals surface area contributed by atoms with Crippen molar-refractivity contribution in [1.82, 2.24) is 19.8 Å². The van der Waals surface area contributed by atoms with Gasteiger partial charge in [0.15, 0.2) is 5.82 Å². The monoisotopic (exact) mass is 473 g/mol. The van der Waals surface area contributed by atoms with E-state index in [9.17, 15) is 13.5 Å². The fourth-order valence-electron chi connectivity index (χ4n) is 3.84. The Morgan fingerprint density at radius 1 is 1.24 bits per heavy atom. The molecule has 2 aromatic heterocycles. The van der Waals surface area contributed by atoms with Gasteiger partial charge in [0.2, 0.25) is 10.0 Å². The largest absolute Gasteiger partial charge is 0.396 e. The Kier molecular flexibility index (Phi) is 6.48. The van der Waals surface area contributed by atoms with Crippen molar-refractivity contribution in [3.05, 3.63) is 41.9 Å². The number of aromatic nitrogens is 3. The van der Waals surface area contributed by atoms with Crippen molar-refractivity contribution in [2.24, 2.45) is 5.41 Å². The molecule has 1 aliphatic rings. The van der Waals surface area contributed by atoms with Gasteiger partial charge in [-0.15, -0.1) is 0 Å². The lowest BCUT2D eigenvalue weighted by atomic mass is 9.84. The van der Waals surface area contributed by atoms with Gasteiger partial charge in [-0.1, -0.05) is 11.2 Å². The number of aryl methyl sites for hydroxylation is 2. The Morgan fingerprint density at radius 3 is 2.73 bits per heavy atom. The van der Waals surface area contributed by atoms with E-state index in [1.807, 2.05) is 6.92 Å². The number of nitrogens with two attached hydrogens (primary N) is 1. The number of nitrogens with zero attached hydrogens (tertiary/aromatic N) is 3. The predicted molar refractivity (Wildman–Crippen MR) is 122 cm³/mol. The highest BCUT2D eigenvalue weighted by atomic mass is 32.2. The van der Waals surface area contributed by atoms with Crippen LogP contribution in [0, 0.1) is 19.3 Å². The molecule has 4 rings (SSSR count). The zero-order valence-corrected chi connectivity index (χ0v) is 19.4. The Balaban J connectivity index is 1.64. The number of sulfonamides is 1. The molecule has 11 heteroatoms. The van der Waals surface area contributed by atoms with Crippen LogP contribution in [0.1, 0.15) is 24.2 Å². The first-order valence-corrected chi connectivity index (χ1v) is 12.1. The molecule has 0 spiro atoms. The van der Waals surface area contributed by atoms with Crippen molar-refractivity contribution < 1.29 is 22.8 Å². The summed E-state index contributed by atoms with van der Waals surface area (Å²) in [5.74, 6) is 0.940. The number of hydrogen-bond acceptors (Lipinski definition) is 9. The fraction of sp³-hybridized carbons (Fsp3) is 0.409. The molecule has 1 atom stereocenters. The van der Waals surface area contributed by atoms with Gasteiger partial charge in [-0.05, 0) is 56.0 Å². The molecule has 1 saturated heterocycles. The Hall–Kier alpha value is -2.86. The highest BCUT2D eigenvalue weighted by molar-refractivity contribution is 7.89. The van der Waals surface area contributed by atoms with Crippen LogP contribution in [-0.4, -0.2) is 55.0 Å². The van der Waals surface area contributed by atoms with Crippen LogP contribution in [0.4, 0.5) is 5.82 Å². The molecule has 10 nitrogen and oxygen atoms in total. The number of rotatable bonds is 7. The van der Waals surface area contributed by atoms with E-state index >= 15 is 0 Å². The number of aliphatic hydroxyl groups is 1. The minimum absolute atomic E-state index is 0.0964. The van der Waals surface area contributed by atoms with Crippen LogP contribution < -0.4 is 10.5 Å². The Labute approximate surface area is 192 Å². The summed E-state index contributed by atoms with van der Waals surface area (Å²) < 4.78 is 39.5. The van der Waals surface area contributed by atoms with Gasteiger partial charge < -0.3 is 20.1 Å². The Bertz CT molecular complexity index is 1250.